The molecule has 1 amide bonds. The Hall–Kier alpha value is -3.15. The summed E-state index contributed by atoms with van der Waals surface area (Å²) in [7, 11) is 0. The van der Waals surface area contributed by atoms with Gasteiger partial charge in [0.05, 0.1) is 30.4 Å². The van der Waals surface area contributed by atoms with Crippen molar-refractivity contribution in [2.75, 3.05) is 11.9 Å². The van der Waals surface area contributed by atoms with Gasteiger partial charge in [-0.2, -0.15) is 5.10 Å². The lowest BCUT2D eigenvalue weighted by molar-refractivity contribution is -0.117. The molecule has 2 N–H and O–H groups in total. The van der Waals surface area contributed by atoms with E-state index in [1.807, 2.05) is 43.3 Å². The van der Waals surface area contributed by atoms with Gasteiger partial charge in [-0.3, -0.25) is 9.89 Å². The third-order valence-corrected chi connectivity index (χ3v) is 4.39. The van der Waals surface area contributed by atoms with Crippen LogP contribution in [0.15, 0.2) is 42.6 Å². The number of carbonyl (C=O) groups excluding carboxylic acids is 2. The largest absolute Gasteiger partial charge is 0.493 e. The number of ketones is 1. The van der Waals surface area contributed by atoms with Crippen LogP contribution in [0.5, 0.6) is 5.75 Å². The number of nitrogens with one attached hydrogen (secondary N) is 2. The Balaban J connectivity index is 1.48. The van der Waals surface area contributed by atoms with Crippen LogP contribution in [-0.4, -0.2) is 28.5 Å². The molecule has 0 unspecified atom stereocenters. The molecule has 0 atom stereocenters. The van der Waals surface area contributed by atoms with Gasteiger partial charge in [0.2, 0.25) is 5.91 Å². The van der Waals surface area contributed by atoms with Gasteiger partial charge in [-0.05, 0) is 49.6 Å². The molecule has 0 aliphatic carbocycles. The van der Waals surface area contributed by atoms with Crippen molar-refractivity contribution in [3.05, 3.63) is 53.7 Å². The average Bonchev–Trinajstić information content (AvgIpc) is 3.14. The van der Waals surface area contributed by atoms with Crippen LogP contribution in [0, 0.1) is 6.92 Å². The number of fused-ring (bicyclic) bond motifs is 1. The first-order valence-electron chi connectivity index (χ1n) is 8.96. The zero-order chi connectivity index (χ0) is 19.2. The van der Waals surface area contributed by atoms with Crippen molar-refractivity contribution in [1.29, 1.82) is 0 Å². The lowest BCUT2D eigenvalue weighted by Gasteiger charge is -2.09. The molecule has 0 saturated carbocycles. The Bertz CT molecular complexity index is 945. The van der Waals surface area contributed by atoms with Crippen molar-refractivity contribution >= 4 is 28.3 Å². The van der Waals surface area contributed by atoms with Gasteiger partial charge < -0.3 is 14.8 Å². The maximum absolute atomic E-state index is 12.2. The summed E-state index contributed by atoms with van der Waals surface area (Å²) >= 11 is 0. The van der Waals surface area contributed by atoms with Crippen LogP contribution in [0.4, 0.5) is 5.69 Å². The third-order valence-electron chi connectivity index (χ3n) is 4.39. The number of carbonyl (C=O) groups is 2. The number of benzene rings is 2. The number of nitrogens with zero attached hydrogens (tertiary/aromatic N) is 1. The van der Waals surface area contributed by atoms with Gasteiger partial charge in [0.1, 0.15) is 11.5 Å². The quantitative estimate of drug-likeness (QED) is 0.636. The van der Waals surface area contributed by atoms with Crippen molar-refractivity contribution in [2.45, 2.75) is 33.1 Å². The van der Waals surface area contributed by atoms with E-state index in [1.54, 1.807) is 13.1 Å². The molecule has 2 aromatic carbocycles. The van der Waals surface area contributed by atoms with Crippen molar-refractivity contribution in [2.24, 2.45) is 0 Å². The molecule has 0 spiro atoms. The predicted molar refractivity (Wildman–Crippen MR) is 105 cm³/mol. The number of aryl methyl sites for hydroxylation is 2. The maximum atomic E-state index is 12.2. The van der Waals surface area contributed by atoms with Crippen LogP contribution in [0.3, 0.4) is 0 Å². The van der Waals surface area contributed by atoms with Gasteiger partial charge in [0.15, 0.2) is 0 Å². The summed E-state index contributed by atoms with van der Waals surface area (Å²) in [6.07, 6.45) is 3.28. The molecule has 0 fully saturated rings. The van der Waals surface area contributed by atoms with Gasteiger partial charge in [0, 0.05) is 11.8 Å². The predicted octanol–water partition coefficient (Wildman–Crippen LogP) is 3.80. The fourth-order valence-corrected chi connectivity index (χ4v) is 2.82. The Morgan fingerprint density at radius 3 is 2.63 bits per heavy atom. The van der Waals surface area contributed by atoms with Crippen molar-refractivity contribution in [3.8, 4) is 5.75 Å². The second kappa shape index (κ2) is 8.49. The number of ether oxygens (including phenoxy) is 1. The Kier molecular flexibility index (Phi) is 5.86. The van der Waals surface area contributed by atoms with Crippen LogP contribution >= 0.6 is 0 Å². The molecule has 0 radical (unpaired) electrons. The maximum Gasteiger partial charge on any atom is 0.227 e. The molecule has 0 aliphatic rings. The fraction of sp³-hybridized carbons (Fsp3) is 0.286. The van der Waals surface area contributed by atoms with E-state index in [0.29, 0.717) is 17.9 Å². The fourth-order valence-electron chi connectivity index (χ4n) is 2.82. The molecule has 140 valence electrons. The second-order valence-corrected chi connectivity index (χ2v) is 6.58. The first-order valence-corrected chi connectivity index (χ1v) is 8.96. The number of rotatable bonds is 8. The van der Waals surface area contributed by atoms with E-state index in [0.717, 1.165) is 28.5 Å². The summed E-state index contributed by atoms with van der Waals surface area (Å²) in [6, 6.07) is 11.4. The summed E-state index contributed by atoms with van der Waals surface area (Å²) in [5, 5.41) is 10.9. The van der Waals surface area contributed by atoms with Crippen molar-refractivity contribution in [3.63, 3.8) is 0 Å². The van der Waals surface area contributed by atoms with Crippen LogP contribution in [0.1, 0.15) is 30.9 Å². The van der Waals surface area contributed by atoms with E-state index in [1.165, 1.54) is 0 Å². The number of hydrogen-bond donors (Lipinski definition) is 2. The zero-order valence-corrected chi connectivity index (χ0v) is 15.5. The van der Waals surface area contributed by atoms with Crippen LogP contribution in [0.2, 0.25) is 0 Å². The normalized spacial score (nSPS) is 10.7. The molecule has 27 heavy (non-hydrogen) atoms. The van der Waals surface area contributed by atoms with E-state index >= 15 is 0 Å². The smallest absolute Gasteiger partial charge is 0.227 e. The summed E-state index contributed by atoms with van der Waals surface area (Å²) in [6.45, 7) is 3.88. The topological polar surface area (TPSA) is 84.1 Å². The molecule has 6 nitrogen and oxygen atoms in total. The number of Topliss-reactive ketones (excluding diaryl/α,β-unsaturated/α-hetero) is 1. The Morgan fingerprint density at radius 2 is 1.89 bits per heavy atom. The number of H-pyrrole nitrogens is 1. The van der Waals surface area contributed by atoms with Crippen LogP contribution in [-0.2, 0) is 16.0 Å². The molecule has 0 bridgehead atoms. The number of amides is 1. The highest BCUT2D eigenvalue weighted by Crippen LogP contribution is 2.24. The average molecular weight is 365 g/mol. The minimum atomic E-state index is -0.118. The lowest BCUT2D eigenvalue weighted by Crippen LogP contribution is -2.15. The molecule has 0 saturated heterocycles. The highest BCUT2D eigenvalue weighted by molar-refractivity contribution is 6.01. The standard InChI is InChI=1S/C21H23N3O3/c1-14-3-10-19(21-18(14)13-22-24-21)23-20(26)11-12-27-17-8-6-16(7-9-17)5-4-15(2)25/h3,6-10,13H,4-5,11-12H2,1-2H3,(H,22,24)(H,23,26). The van der Waals surface area contributed by atoms with Crippen LogP contribution < -0.4 is 10.1 Å². The van der Waals surface area contributed by atoms with Crippen molar-refractivity contribution in [1.82, 2.24) is 10.2 Å². The zero-order valence-electron chi connectivity index (χ0n) is 15.5. The van der Waals surface area contributed by atoms with E-state index in [9.17, 15) is 9.59 Å². The van der Waals surface area contributed by atoms with E-state index < -0.39 is 0 Å². The van der Waals surface area contributed by atoms with E-state index in [2.05, 4.69) is 15.5 Å². The van der Waals surface area contributed by atoms with Gasteiger partial charge in [-0.1, -0.05) is 18.2 Å². The Labute approximate surface area is 157 Å². The van der Waals surface area contributed by atoms with Crippen LogP contribution in [0.25, 0.3) is 10.9 Å². The van der Waals surface area contributed by atoms with Gasteiger partial charge in [-0.15, -0.1) is 0 Å². The Morgan fingerprint density at radius 1 is 1.11 bits per heavy atom. The molecule has 1 heterocycles. The monoisotopic (exact) mass is 365 g/mol. The third kappa shape index (κ3) is 4.94. The number of aromatic nitrogens is 2. The SMILES string of the molecule is CC(=O)CCc1ccc(OCCC(=O)Nc2ccc(C)c3cn[nH]c23)cc1. The lowest BCUT2D eigenvalue weighted by atomic mass is 10.1. The van der Waals surface area contributed by atoms with Gasteiger partial charge >= 0.3 is 0 Å². The van der Waals surface area contributed by atoms with Crippen molar-refractivity contribution < 1.29 is 14.3 Å². The number of hydrogen-bond acceptors (Lipinski definition) is 4. The van der Waals surface area contributed by atoms with Gasteiger partial charge in [-0.25, -0.2) is 0 Å². The molecule has 6 heteroatoms. The second-order valence-electron chi connectivity index (χ2n) is 6.58. The first-order chi connectivity index (χ1) is 13.0. The molecule has 0 aliphatic heterocycles. The highest BCUT2D eigenvalue weighted by Gasteiger charge is 2.09. The summed E-state index contributed by atoms with van der Waals surface area (Å²) in [5.74, 6) is 0.774. The minimum Gasteiger partial charge on any atom is -0.493 e. The molecule has 3 aromatic rings. The summed E-state index contributed by atoms with van der Waals surface area (Å²) in [4.78, 5) is 23.2. The molecule has 1 aromatic heterocycles. The van der Waals surface area contributed by atoms with Gasteiger partial charge in [0.25, 0.3) is 0 Å². The first kappa shape index (κ1) is 18.6. The minimum absolute atomic E-state index is 0.118. The highest BCUT2D eigenvalue weighted by atomic mass is 16.5. The summed E-state index contributed by atoms with van der Waals surface area (Å²) < 4.78 is 5.64. The summed E-state index contributed by atoms with van der Waals surface area (Å²) in [5.41, 5.74) is 3.74. The number of aromatic amines is 1. The molecular weight excluding hydrogens is 342 g/mol. The van der Waals surface area contributed by atoms with E-state index in [-0.39, 0.29) is 24.7 Å². The number of anilines is 1. The van der Waals surface area contributed by atoms with E-state index in [4.69, 9.17) is 4.74 Å². The molecule has 3 rings (SSSR count). The molecular formula is C21H23N3O3.